The zero-order valence-electron chi connectivity index (χ0n) is 15.1. The van der Waals surface area contributed by atoms with E-state index >= 15 is 0 Å². The number of amides is 1. The Bertz CT molecular complexity index is 907. The summed E-state index contributed by atoms with van der Waals surface area (Å²) in [6.45, 7) is 6.24. The van der Waals surface area contributed by atoms with Gasteiger partial charge in [-0.3, -0.25) is 4.79 Å². The molecule has 132 valence electrons. The third-order valence-corrected chi connectivity index (χ3v) is 4.44. The molecule has 0 heterocycles. The highest BCUT2D eigenvalue weighted by Gasteiger charge is 2.08. The second-order valence-electron chi connectivity index (χ2n) is 5.99. The van der Waals surface area contributed by atoms with Crippen molar-refractivity contribution in [1.29, 1.82) is 0 Å². The number of benzene rings is 3. The van der Waals surface area contributed by atoms with Crippen molar-refractivity contribution < 1.29 is 4.79 Å². The molecular weight excluding hydrogens is 322 g/mol. The van der Waals surface area contributed by atoms with Gasteiger partial charge < -0.3 is 4.90 Å². The van der Waals surface area contributed by atoms with Crippen molar-refractivity contribution in [3.63, 3.8) is 0 Å². The molecule has 1 N–H and O–H groups in total. The van der Waals surface area contributed by atoms with Crippen LogP contribution in [0, 0.1) is 0 Å². The van der Waals surface area contributed by atoms with Crippen LogP contribution in [0.15, 0.2) is 71.8 Å². The molecule has 26 heavy (non-hydrogen) atoms. The molecule has 0 fully saturated rings. The lowest BCUT2D eigenvalue weighted by molar-refractivity contribution is 0.0957. The van der Waals surface area contributed by atoms with E-state index in [-0.39, 0.29) is 5.91 Å². The van der Waals surface area contributed by atoms with E-state index in [0.717, 1.165) is 29.4 Å². The summed E-state index contributed by atoms with van der Waals surface area (Å²) in [6.07, 6.45) is 1.66. The lowest BCUT2D eigenvalue weighted by atomic mass is 10.0. The third kappa shape index (κ3) is 3.91. The monoisotopic (exact) mass is 345 g/mol. The van der Waals surface area contributed by atoms with Gasteiger partial charge >= 0.3 is 0 Å². The summed E-state index contributed by atoms with van der Waals surface area (Å²) < 4.78 is 0. The Kier molecular flexibility index (Phi) is 5.64. The molecule has 3 aromatic carbocycles. The smallest absolute Gasteiger partial charge is 0.271 e. The Hall–Kier alpha value is -3.14. The Balaban J connectivity index is 1.69. The van der Waals surface area contributed by atoms with Crippen molar-refractivity contribution in [3.05, 3.63) is 77.9 Å². The number of hydrogen-bond donors (Lipinski definition) is 1. The first-order valence-electron chi connectivity index (χ1n) is 8.89. The van der Waals surface area contributed by atoms with E-state index < -0.39 is 0 Å². The number of nitrogens with zero attached hydrogens (tertiary/aromatic N) is 2. The zero-order valence-corrected chi connectivity index (χ0v) is 15.1. The number of hydrazone groups is 1. The summed E-state index contributed by atoms with van der Waals surface area (Å²) in [4.78, 5) is 14.7. The van der Waals surface area contributed by atoms with Crippen LogP contribution in [0.3, 0.4) is 0 Å². The van der Waals surface area contributed by atoms with Gasteiger partial charge in [-0.25, -0.2) is 5.43 Å². The number of fused-ring (bicyclic) bond motifs is 1. The SMILES string of the molecule is CCN(CC)c1ccc(C=NNC(=O)c2cccc3ccccc23)cc1. The van der Waals surface area contributed by atoms with E-state index in [1.54, 1.807) is 6.21 Å². The summed E-state index contributed by atoms with van der Waals surface area (Å²) >= 11 is 0. The third-order valence-electron chi connectivity index (χ3n) is 4.44. The summed E-state index contributed by atoms with van der Waals surface area (Å²) in [5.41, 5.74) is 5.37. The van der Waals surface area contributed by atoms with Gasteiger partial charge in [0.15, 0.2) is 0 Å². The maximum absolute atomic E-state index is 12.4. The minimum Gasteiger partial charge on any atom is -0.372 e. The van der Waals surface area contributed by atoms with Crippen LogP contribution >= 0.6 is 0 Å². The molecule has 3 aromatic rings. The molecule has 0 radical (unpaired) electrons. The molecule has 0 unspecified atom stereocenters. The molecular formula is C22H23N3O. The lowest BCUT2D eigenvalue weighted by Gasteiger charge is -2.20. The molecule has 0 saturated heterocycles. The van der Waals surface area contributed by atoms with E-state index in [4.69, 9.17) is 0 Å². The van der Waals surface area contributed by atoms with Crippen molar-refractivity contribution in [1.82, 2.24) is 5.43 Å². The van der Waals surface area contributed by atoms with Crippen LogP contribution in [0.5, 0.6) is 0 Å². The van der Waals surface area contributed by atoms with Crippen molar-refractivity contribution >= 4 is 28.6 Å². The number of carbonyl (C=O) groups excluding carboxylic acids is 1. The molecule has 0 aliphatic heterocycles. The zero-order chi connectivity index (χ0) is 18.4. The maximum atomic E-state index is 12.4. The molecule has 0 aliphatic carbocycles. The van der Waals surface area contributed by atoms with Crippen LogP contribution in [0.1, 0.15) is 29.8 Å². The quantitative estimate of drug-likeness (QED) is 0.530. The lowest BCUT2D eigenvalue weighted by Crippen LogP contribution is -2.21. The van der Waals surface area contributed by atoms with Crippen molar-refractivity contribution in [2.24, 2.45) is 5.10 Å². The van der Waals surface area contributed by atoms with E-state index in [0.29, 0.717) is 5.56 Å². The van der Waals surface area contributed by atoms with Crippen molar-refractivity contribution in [2.45, 2.75) is 13.8 Å². The van der Waals surface area contributed by atoms with Gasteiger partial charge in [0.2, 0.25) is 0 Å². The predicted molar refractivity (Wildman–Crippen MR) is 109 cm³/mol. The summed E-state index contributed by atoms with van der Waals surface area (Å²) in [5, 5.41) is 6.06. The first-order valence-corrected chi connectivity index (χ1v) is 8.89. The Morgan fingerprint density at radius 2 is 1.65 bits per heavy atom. The standard InChI is InChI=1S/C22H23N3O/c1-3-25(4-2)19-14-12-17(13-15-19)16-23-24-22(26)21-11-7-9-18-8-5-6-10-20(18)21/h5-16H,3-4H2,1-2H3,(H,24,26). The second kappa shape index (κ2) is 8.30. The molecule has 0 aromatic heterocycles. The molecule has 4 nitrogen and oxygen atoms in total. The van der Waals surface area contributed by atoms with Crippen molar-refractivity contribution in [2.75, 3.05) is 18.0 Å². The number of hydrogen-bond acceptors (Lipinski definition) is 3. The summed E-state index contributed by atoms with van der Waals surface area (Å²) in [5.74, 6) is -0.210. The van der Waals surface area contributed by atoms with Crippen LogP contribution in [0.2, 0.25) is 0 Å². The number of carbonyl (C=O) groups is 1. The highest BCUT2D eigenvalue weighted by molar-refractivity contribution is 6.07. The van der Waals surface area contributed by atoms with Gasteiger partial charge in [0, 0.05) is 24.3 Å². The molecule has 3 rings (SSSR count). The first kappa shape index (κ1) is 17.7. The van der Waals surface area contributed by atoms with Crippen LogP contribution in [-0.4, -0.2) is 25.2 Å². The largest absolute Gasteiger partial charge is 0.372 e. The summed E-state index contributed by atoms with van der Waals surface area (Å²) in [7, 11) is 0. The topological polar surface area (TPSA) is 44.7 Å². The number of nitrogens with one attached hydrogen (secondary N) is 1. The van der Waals surface area contributed by atoms with Gasteiger partial charge in [-0.15, -0.1) is 0 Å². The molecule has 4 heteroatoms. The van der Waals surface area contributed by atoms with Crippen molar-refractivity contribution in [3.8, 4) is 0 Å². The molecule has 0 atom stereocenters. The van der Waals surface area contributed by atoms with E-state index in [1.165, 1.54) is 5.69 Å². The molecule has 0 saturated carbocycles. The average Bonchev–Trinajstić information content (AvgIpc) is 2.69. The fraction of sp³-hybridized carbons (Fsp3) is 0.182. The normalized spacial score (nSPS) is 11.0. The first-order chi connectivity index (χ1) is 12.7. The predicted octanol–water partition coefficient (Wildman–Crippen LogP) is 4.45. The van der Waals surface area contributed by atoms with E-state index in [9.17, 15) is 4.79 Å². The highest BCUT2D eigenvalue weighted by Crippen LogP contribution is 2.18. The molecule has 0 bridgehead atoms. The number of rotatable bonds is 6. The van der Waals surface area contributed by atoms with Gasteiger partial charge in [0.1, 0.15) is 0 Å². The Labute approximate surface area is 154 Å². The minimum absolute atomic E-state index is 0.210. The van der Waals surface area contributed by atoms with Crippen LogP contribution in [-0.2, 0) is 0 Å². The van der Waals surface area contributed by atoms with Gasteiger partial charge in [-0.05, 0) is 48.4 Å². The van der Waals surface area contributed by atoms with Crippen LogP contribution in [0.25, 0.3) is 10.8 Å². The molecule has 1 amide bonds. The fourth-order valence-corrected chi connectivity index (χ4v) is 3.01. The Morgan fingerprint density at radius 1 is 0.962 bits per heavy atom. The van der Waals surface area contributed by atoms with Gasteiger partial charge in [0.25, 0.3) is 5.91 Å². The molecule has 0 spiro atoms. The Morgan fingerprint density at radius 3 is 2.38 bits per heavy atom. The maximum Gasteiger partial charge on any atom is 0.271 e. The van der Waals surface area contributed by atoms with E-state index in [2.05, 4.69) is 41.4 Å². The van der Waals surface area contributed by atoms with E-state index in [1.807, 2.05) is 54.6 Å². The molecule has 0 aliphatic rings. The van der Waals surface area contributed by atoms with Gasteiger partial charge in [-0.2, -0.15) is 5.10 Å². The highest BCUT2D eigenvalue weighted by atomic mass is 16.2. The second-order valence-corrected chi connectivity index (χ2v) is 5.99. The fourth-order valence-electron chi connectivity index (χ4n) is 3.01. The van der Waals surface area contributed by atoms with Gasteiger partial charge in [-0.1, -0.05) is 48.5 Å². The average molecular weight is 345 g/mol. The number of anilines is 1. The minimum atomic E-state index is -0.210. The van der Waals surface area contributed by atoms with Gasteiger partial charge in [0.05, 0.1) is 6.21 Å². The van der Waals surface area contributed by atoms with Crippen LogP contribution in [0.4, 0.5) is 5.69 Å². The van der Waals surface area contributed by atoms with Crippen LogP contribution < -0.4 is 10.3 Å². The summed E-state index contributed by atoms with van der Waals surface area (Å²) in [6, 6.07) is 21.7.